The predicted octanol–water partition coefficient (Wildman–Crippen LogP) is 2.29. The molecule has 0 radical (unpaired) electrons. The second-order valence-corrected chi connectivity index (χ2v) is 5.40. The highest BCUT2D eigenvalue weighted by molar-refractivity contribution is 5.14. The molecule has 0 saturated heterocycles. The maximum Gasteiger partial charge on any atom is 0.147 e. The minimum atomic E-state index is 0.946. The van der Waals surface area contributed by atoms with Gasteiger partial charge in [-0.25, -0.2) is 0 Å². The van der Waals surface area contributed by atoms with Crippen LogP contribution in [0.1, 0.15) is 30.6 Å². The van der Waals surface area contributed by atoms with E-state index in [0.717, 1.165) is 50.7 Å². The molecule has 0 aliphatic carbocycles. The molecule has 106 valence electrons. The molecule has 1 aromatic heterocycles. The van der Waals surface area contributed by atoms with Gasteiger partial charge in [-0.05, 0) is 24.9 Å². The van der Waals surface area contributed by atoms with Gasteiger partial charge in [0.05, 0.1) is 6.54 Å². The number of aryl methyl sites for hydroxylation is 2. The van der Waals surface area contributed by atoms with Gasteiger partial charge < -0.3 is 4.57 Å². The molecule has 2 aromatic rings. The van der Waals surface area contributed by atoms with E-state index >= 15 is 0 Å². The highest BCUT2D eigenvalue weighted by Crippen LogP contribution is 2.13. The van der Waals surface area contributed by atoms with Gasteiger partial charge >= 0.3 is 0 Å². The van der Waals surface area contributed by atoms with Crippen molar-refractivity contribution >= 4 is 0 Å². The number of benzene rings is 1. The van der Waals surface area contributed by atoms with Gasteiger partial charge in [-0.2, -0.15) is 0 Å². The Balaban J connectivity index is 1.51. The first kappa shape index (κ1) is 13.3. The van der Waals surface area contributed by atoms with Crippen LogP contribution in [0.15, 0.2) is 30.3 Å². The normalized spacial score (nSPS) is 15.2. The number of hydrogen-bond acceptors (Lipinski definition) is 3. The average Bonchev–Trinajstić information content (AvgIpc) is 2.90. The maximum absolute atomic E-state index is 4.32. The molecular formula is C16H22N4. The Morgan fingerprint density at radius 3 is 2.75 bits per heavy atom. The van der Waals surface area contributed by atoms with Crippen LogP contribution in [0.25, 0.3) is 0 Å². The molecule has 4 nitrogen and oxygen atoms in total. The molecule has 20 heavy (non-hydrogen) atoms. The lowest BCUT2D eigenvalue weighted by Crippen LogP contribution is -2.35. The molecule has 0 N–H and O–H groups in total. The standard InChI is InChI=1S/C16H22N4/c1-2-15-17-18-16-13-19(11-12-20(15)16)10-6-9-14-7-4-3-5-8-14/h3-5,7-8H,2,6,9-13H2,1H3. The van der Waals surface area contributed by atoms with Crippen molar-refractivity contribution in [3.63, 3.8) is 0 Å². The van der Waals surface area contributed by atoms with Crippen LogP contribution >= 0.6 is 0 Å². The second-order valence-electron chi connectivity index (χ2n) is 5.40. The van der Waals surface area contributed by atoms with E-state index in [1.54, 1.807) is 0 Å². The van der Waals surface area contributed by atoms with Gasteiger partial charge in [-0.15, -0.1) is 10.2 Å². The monoisotopic (exact) mass is 270 g/mol. The van der Waals surface area contributed by atoms with Crippen molar-refractivity contribution in [1.29, 1.82) is 0 Å². The summed E-state index contributed by atoms with van der Waals surface area (Å²) in [5.74, 6) is 2.26. The Labute approximate surface area is 120 Å². The fraction of sp³-hybridized carbons (Fsp3) is 0.500. The fourth-order valence-corrected chi connectivity index (χ4v) is 2.87. The highest BCUT2D eigenvalue weighted by atomic mass is 15.3. The smallest absolute Gasteiger partial charge is 0.147 e. The molecule has 0 spiro atoms. The first-order chi connectivity index (χ1) is 9.86. The van der Waals surface area contributed by atoms with Crippen LogP contribution < -0.4 is 0 Å². The first-order valence-electron chi connectivity index (χ1n) is 7.54. The van der Waals surface area contributed by atoms with Crippen LogP contribution in [0.3, 0.4) is 0 Å². The third-order valence-corrected chi connectivity index (χ3v) is 4.01. The lowest BCUT2D eigenvalue weighted by molar-refractivity contribution is 0.213. The number of nitrogens with zero attached hydrogens (tertiary/aromatic N) is 4. The topological polar surface area (TPSA) is 34.0 Å². The summed E-state index contributed by atoms with van der Waals surface area (Å²) in [5, 5.41) is 8.58. The van der Waals surface area contributed by atoms with E-state index in [1.165, 1.54) is 12.0 Å². The summed E-state index contributed by atoms with van der Waals surface area (Å²) in [6, 6.07) is 10.7. The van der Waals surface area contributed by atoms with Gasteiger partial charge in [-0.1, -0.05) is 37.3 Å². The summed E-state index contributed by atoms with van der Waals surface area (Å²) >= 11 is 0. The molecule has 1 aliphatic heterocycles. The van der Waals surface area contributed by atoms with Crippen LogP contribution in [0.4, 0.5) is 0 Å². The Bertz CT molecular complexity index is 547. The SMILES string of the molecule is CCc1nnc2n1CCN(CCCc1ccccc1)C2. The Hall–Kier alpha value is -1.68. The van der Waals surface area contributed by atoms with Crippen molar-refractivity contribution in [2.75, 3.05) is 13.1 Å². The van der Waals surface area contributed by atoms with Crippen LogP contribution in [0, 0.1) is 0 Å². The molecule has 2 heterocycles. The van der Waals surface area contributed by atoms with Crippen molar-refractivity contribution in [3.05, 3.63) is 47.5 Å². The molecular weight excluding hydrogens is 248 g/mol. The van der Waals surface area contributed by atoms with E-state index in [0.29, 0.717) is 0 Å². The summed E-state index contributed by atoms with van der Waals surface area (Å²) in [6.45, 7) is 6.39. The van der Waals surface area contributed by atoms with Gasteiger partial charge in [0.1, 0.15) is 11.6 Å². The lowest BCUT2D eigenvalue weighted by Gasteiger charge is -2.27. The largest absolute Gasteiger partial charge is 0.313 e. The number of fused-ring (bicyclic) bond motifs is 1. The Morgan fingerprint density at radius 2 is 1.95 bits per heavy atom. The van der Waals surface area contributed by atoms with Gasteiger partial charge in [0, 0.05) is 19.5 Å². The number of aromatic nitrogens is 3. The summed E-state index contributed by atoms with van der Waals surface area (Å²) in [4.78, 5) is 2.49. The van der Waals surface area contributed by atoms with Crippen LogP contribution in [0.2, 0.25) is 0 Å². The van der Waals surface area contributed by atoms with Crippen LogP contribution in [-0.4, -0.2) is 32.8 Å². The summed E-state index contributed by atoms with van der Waals surface area (Å²) in [6.07, 6.45) is 3.34. The summed E-state index contributed by atoms with van der Waals surface area (Å²) < 4.78 is 2.29. The van der Waals surface area contributed by atoms with E-state index in [2.05, 4.69) is 56.9 Å². The number of hydrogen-bond donors (Lipinski definition) is 0. The van der Waals surface area contributed by atoms with E-state index in [-0.39, 0.29) is 0 Å². The average molecular weight is 270 g/mol. The first-order valence-corrected chi connectivity index (χ1v) is 7.54. The zero-order chi connectivity index (χ0) is 13.8. The molecule has 0 atom stereocenters. The van der Waals surface area contributed by atoms with Crippen molar-refractivity contribution in [1.82, 2.24) is 19.7 Å². The Morgan fingerprint density at radius 1 is 1.10 bits per heavy atom. The fourth-order valence-electron chi connectivity index (χ4n) is 2.87. The molecule has 4 heteroatoms. The van der Waals surface area contributed by atoms with Crippen molar-refractivity contribution in [3.8, 4) is 0 Å². The van der Waals surface area contributed by atoms with Gasteiger partial charge in [0.2, 0.25) is 0 Å². The van der Waals surface area contributed by atoms with Crippen molar-refractivity contribution in [2.24, 2.45) is 0 Å². The molecule has 0 unspecified atom stereocenters. The molecule has 1 aromatic carbocycles. The molecule has 0 amide bonds. The zero-order valence-corrected chi connectivity index (χ0v) is 12.1. The quantitative estimate of drug-likeness (QED) is 0.836. The predicted molar refractivity (Wildman–Crippen MR) is 79.4 cm³/mol. The lowest BCUT2D eigenvalue weighted by atomic mass is 10.1. The van der Waals surface area contributed by atoms with Crippen LogP contribution in [0.5, 0.6) is 0 Å². The highest BCUT2D eigenvalue weighted by Gasteiger charge is 2.19. The third-order valence-electron chi connectivity index (χ3n) is 4.01. The molecule has 0 bridgehead atoms. The van der Waals surface area contributed by atoms with Crippen molar-refractivity contribution < 1.29 is 0 Å². The summed E-state index contributed by atoms with van der Waals surface area (Å²) in [5.41, 5.74) is 1.43. The van der Waals surface area contributed by atoms with E-state index in [9.17, 15) is 0 Å². The molecule has 1 aliphatic rings. The summed E-state index contributed by atoms with van der Waals surface area (Å²) in [7, 11) is 0. The van der Waals surface area contributed by atoms with Gasteiger partial charge in [-0.3, -0.25) is 4.90 Å². The van der Waals surface area contributed by atoms with E-state index in [1.807, 2.05) is 0 Å². The Kier molecular flexibility index (Phi) is 4.11. The molecule has 0 fully saturated rings. The van der Waals surface area contributed by atoms with E-state index in [4.69, 9.17) is 0 Å². The van der Waals surface area contributed by atoms with Crippen LogP contribution in [-0.2, 0) is 25.9 Å². The maximum atomic E-state index is 4.32. The van der Waals surface area contributed by atoms with Gasteiger partial charge in [0.25, 0.3) is 0 Å². The van der Waals surface area contributed by atoms with Gasteiger partial charge in [0.15, 0.2) is 0 Å². The minimum Gasteiger partial charge on any atom is -0.313 e. The minimum absolute atomic E-state index is 0.946. The molecule has 0 saturated carbocycles. The molecule has 3 rings (SSSR count). The number of rotatable bonds is 5. The third kappa shape index (κ3) is 2.90. The van der Waals surface area contributed by atoms with E-state index < -0.39 is 0 Å². The second kappa shape index (κ2) is 6.18. The van der Waals surface area contributed by atoms with Crippen molar-refractivity contribution in [2.45, 2.75) is 39.3 Å². The zero-order valence-electron chi connectivity index (χ0n) is 12.1.